The van der Waals surface area contributed by atoms with Crippen LogP contribution in [0.3, 0.4) is 0 Å². The van der Waals surface area contributed by atoms with Gasteiger partial charge >= 0.3 is 0 Å². The molecule has 1 saturated heterocycles. The van der Waals surface area contributed by atoms with E-state index >= 15 is 0 Å². The van der Waals surface area contributed by atoms with Crippen molar-refractivity contribution in [2.45, 2.75) is 18.0 Å². The Labute approximate surface area is 71.3 Å². The van der Waals surface area contributed by atoms with Gasteiger partial charge in [0.1, 0.15) is 0 Å². The van der Waals surface area contributed by atoms with Crippen molar-refractivity contribution in [2.75, 3.05) is 11.5 Å². The quantitative estimate of drug-likeness (QED) is 0.419. The van der Waals surface area contributed by atoms with Crippen LogP contribution in [-0.4, -0.2) is 36.6 Å². The minimum Gasteiger partial charge on any atom is -0.746 e. The lowest BCUT2D eigenvalue weighted by molar-refractivity contribution is 0.212. The molecule has 0 aromatic carbocycles. The lowest BCUT2D eigenvalue weighted by Gasteiger charge is -2.21. The van der Waals surface area contributed by atoms with Crippen LogP contribution in [0.5, 0.6) is 0 Å². The van der Waals surface area contributed by atoms with Gasteiger partial charge in [0.25, 0.3) is 0 Å². The summed E-state index contributed by atoms with van der Waals surface area (Å²) in [5.41, 5.74) is -1.03. The maximum absolute atomic E-state index is 10.9. The van der Waals surface area contributed by atoms with Crippen LogP contribution in [0.25, 0.3) is 0 Å². The first-order chi connectivity index (χ1) is 4.99. The molecule has 11 heavy (non-hydrogen) atoms. The fraction of sp³-hybridized carbons (Fsp3) is 1.00. The lowest BCUT2D eigenvalue weighted by atomic mass is 10.3. The number of sulfone groups is 1. The van der Waals surface area contributed by atoms with E-state index in [1.807, 2.05) is 0 Å². The summed E-state index contributed by atoms with van der Waals surface area (Å²) in [6.45, 7) is 0. The van der Waals surface area contributed by atoms with Crippen molar-refractivity contribution in [3.8, 4) is 0 Å². The summed E-state index contributed by atoms with van der Waals surface area (Å²) in [7, 11) is -2.86. The normalized spacial score (nSPS) is 32.0. The molecular formula is C5H10NO3S2-. The van der Waals surface area contributed by atoms with E-state index in [2.05, 4.69) is 17.9 Å². The van der Waals surface area contributed by atoms with Crippen LogP contribution in [0.15, 0.2) is 0 Å². The second-order valence-electron chi connectivity index (χ2n) is 2.62. The summed E-state index contributed by atoms with van der Waals surface area (Å²) in [5.74, 6) is 0.299. The van der Waals surface area contributed by atoms with Gasteiger partial charge < -0.3 is 23.1 Å². The van der Waals surface area contributed by atoms with E-state index in [0.717, 1.165) is 0 Å². The van der Waals surface area contributed by atoms with Gasteiger partial charge in [0, 0.05) is 6.04 Å². The van der Waals surface area contributed by atoms with Gasteiger partial charge in [-0.25, -0.2) is 8.42 Å². The molecule has 1 aliphatic heterocycles. The van der Waals surface area contributed by atoms with Gasteiger partial charge in [-0.3, -0.25) is 0 Å². The first-order valence-electron chi connectivity index (χ1n) is 3.30. The van der Waals surface area contributed by atoms with E-state index in [4.69, 9.17) is 5.11 Å². The Balaban J connectivity index is 2.43. The standard InChI is InChI=1S/C5H11NO3S2/c7-5(10)6-4-1-2-11(8,9)3-4/h4-7,10H,1-3H2/p-1. The number of rotatable bonds is 2. The number of aliphatic hydroxyl groups is 1. The van der Waals surface area contributed by atoms with E-state index in [9.17, 15) is 8.42 Å². The second kappa shape index (κ2) is 3.30. The molecule has 0 aliphatic carbocycles. The summed E-state index contributed by atoms with van der Waals surface area (Å²) < 4.78 is 21.7. The number of hydrogen-bond acceptors (Lipinski definition) is 5. The molecule has 0 bridgehead atoms. The molecule has 4 nitrogen and oxygen atoms in total. The molecule has 2 N–H and O–H groups in total. The molecule has 0 amide bonds. The Bertz CT molecular complexity index is 224. The predicted molar refractivity (Wildman–Crippen MR) is 43.6 cm³/mol. The Morgan fingerprint density at radius 3 is 2.64 bits per heavy atom. The zero-order chi connectivity index (χ0) is 8.48. The predicted octanol–water partition coefficient (Wildman–Crippen LogP) is -1.41. The van der Waals surface area contributed by atoms with Crippen molar-refractivity contribution >= 4 is 22.5 Å². The average Bonchev–Trinajstić information content (AvgIpc) is 2.08. The average molecular weight is 196 g/mol. The van der Waals surface area contributed by atoms with Gasteiger partial charge in [0.15, 0.2) is 9.84 Å². The molecule has 1 aliphatic rings. The zero-order valence-electron chi connectivity index (χ0n) is 5.86. The van der Waals surface area contributed by atoms with Gasteiger partial charge in [0.05, 0.1) is 11.5 Å². The maximum Gasteiger partial charge on any atom is 0.151 e. The summed E-state index contributed by atoms with van der Waals surface area (Å²) in [6, 6.07) is -0.160. The van der Waals surface area contributed by atoms with Crippen molar-refractivity contribution in [1.82, 2.24) is 5.32 Å². The highest BCUT2D eigenvalue weighted by Crippen LogP contribution is 2.11. The summed E-state index contributed by atoms with van der Waals surface area (Å²) in [6.07, 6.45) is 0.552. The molecule has 2 atom stereocenters. The molecule has 2 unspecified atom stereocenters. The Hall–Kier alpha value is 0.220. The maximum atomic E-state index is 10.9. The van der Waals surface area contributed by atoms with Gasteiger partial charge in [0.2, 0.25) is 0 Å². The molecule has 1 fully saturated rings. The van der Waals surface area contributed by atoms with E-state index in [1.165, 1.54) is 0 Å². The van der Waals surface area contributed by atoms with Gasteiger partial charge in [-0.1, -0.05) is 0 Å². The Morgan fingerprint density at radius 1 is 1.64 bits per heavy atom. The molecule has 1 rings (SSSR count). The summed E-state index contributed by atoms with van der Waals surface area (Å²) in [5, 5.41) is 11.3. The Morgan fingerprint density at radius 2 is 2.27 bits per heavy atom. The minimum atomic E-state index is -2.86. The third-order valence-corrected chi connectivity index (χ3v) is 3.51. The minimum absolute atomic E-state index is 0.0979. The van der Waals surface area contributed by atoms with Crippen molar-refractivity contribution < 1.29 is 13.5 Å². The SMILES string of the molecule is O=S1(=O)CCC(NC(O)[S-])C1. The van der Waals surface area contributed by atoms with Crippen LogP contribution >= 0.6 is 0 Å². The highest BCUT2D eigenvalue weighted by atomic mass is 32.2. The molecule has 1 heterocycles. The summed E-state index contributed by atoms with van der Waals surface area (Å²) >= 11 is 4.44. The lowest BCUT2D eigenvalue weighted by Crippen LogP contribution is -2.37. The monoisotopic (exact) mass is 196 g/mol. The largest absolute Gasteiger partial charge is 0.746 e. The second-order valence-corrected chi connectivity index (χ2v) is 5.29. The third-order valence-electron chi connectivity index (χ3n) is 1.61. The van der Waals surface area contributed by atoms with Crippen LogP contribution in [0.1, 0.15) is 6.42 Å². The van der Waals surface area contributed by atoms with Crippen LogP contribution < -0.4 is 5.32 Å². The number of hydrogen-bond donors (Lipinski definition) is 2. The first-order valence-corrected chi connectivity index (χ1v) is 5.59. The van der Waals surface area contributed by atoms with Crippen molar-refractivity contribution in [1.29, 1.82) is 0 Å². The fourth-order valence-corrected chi connectivity index (χ4v) is 3.01. The molecule has 0 aromatic heterocycles. The Kier molecular flexibility index (Phi) is 2.79. The van der Waals surface area contributed by atoms with Gasteiger partial charge in [-0.15, -0.1) is 0 Å². The third kappa shape index (κ3) is 2.98. The molecule has 6 heteroatoms. The van der Waals surface area contributed by atoms with Crippen molar-refractivity contribution in [3.63, 3.8) is 0 Å². The number of nitrogens with one attached hydrogen (secondary N) is 1. The van der Waals surface area contributed by atoms with Crippen LogP contribution in [0.4, 0.5) is 0 Å². The van der Waals surface area contributed by atoms with Crippen molar-refractivity contribution in [2.24, 2.45) is 0 Å². The van der Waals surface area contributed by atoms with E-state index < -0.39 is 15.4 Å². The summed E-state index contributed by atoms with van der Waals surface area (Å²) in [4.78, 5) is 0. The first kappa shape index (κ1) is 9.31. The molecule has 0 aromatic rings. The van der Waals surface area contributed by atoms with Crippen LogP contribution in [0, 0.1) is 0 Å². The van der Waals surface area contributed by atoms with E-state index in [0.29, 0.717) is 6.42 Å². The highest BCUT2D eigenvalue weighted by Gasteiger charge is 2.27. The molecule has 0 saturated carbocycles. The fourth-order valence-electron chi connectivity index (χ4n) is 1.13. The highest BCUT2D eigenvalue weighted by molar-refractivity contribution is 7.91. The molecule has 66 valence electrons. The molecule has 0 spiro atoms. The smallest absolute Gasteiger partial charge is 0.151 e. The molecular weight excluding hydrogens is 186 g/mol. The van der Waals surface area contributed by atoms with Gasteiger partial charge in [-0.05, 0) is 12.0 Å². The van der Waals surface area contributed by atoms with Gasteiger partial charge in [-0.2, -0.15) is 0 Å². The zero-order valence-corrected chi connectivity index (χ0v) is 7.49. The molecule has 0 radical (unpaired) electrons. The topological polar surface area (TPSA) is 66.4 Å². The van der Waals surface area contributed by atoms with E-state index in [-0.39, 0.29) is 17.5 Å². The number of aliphatic hydroxyl groups excluding tert-OH is 1. The van der Waals surface area contributed by atoms with Crippen LogP contribution in [0.2, 0.25) is 0 Å². The van der Waals surface area contributed by atoms with Crippen LogP contribution in [-0.2, 0) is 22.5 Å². The van der Waals surface area contributed by atoms with Crippen molar-refractivity contribution in [3.05, 3.63) is 0 Å². The van der Waals surface area contributed by atoms with E-state index in [1.54, 1.807) is 0 Å².